The van der Waals surface area contributed by atoms with Crippen LogP contribution in [0.3, 0.4) is 0 Å². The first-order chi connectivity index (χ1) is 17.5. The molecule has 0 saturated carbocycles. The molecule has 5 rings (SSSR count). The molecule has 0 aliphatic carbocycles. The van der Waals surface area contributed by atoms with Crippen molar-refractivity contribution in [3.8, 4) is 11.3 Å². The molecule has 0 atom stereocenters. The minimum atomic E-state index is -0.356. The predicted octanol–water partition coefficient (Wildman–Crippen LogP) is 7.36. The van der Waals surface area contributed by atoms with Crippen LogP contribution in [0.2, 0.25) is 0 Å². The van der Waals surface area contributed by atoms with Crippen LogP contribution in [-0.4, -0.2) is 18.5 Å². The molecule has 4 aromatic rings. The van der Waals surface area contributed by atoms with Crippen molar-refractivity contribution >= 4 is 45.3 Å². The second-order valence-corrected chi connectivity index (χ2v) is 9.03. The molecular formula is C30H22BrNO4. The fraction of sp³-hybridized carbons (Fsp3) is 0.0667. The maximum absolute atomic E-state index is 13.5. The van der Waals surface area contributed by atoms with Crippen LogP contribution in [0.4, 0.5) is 5.69 Å². The maximum Gasteiger partial charge on any atom is 0.338 e. The zero-order chi connectivity index (χ0) is 25.1. The van der Waals surface area contributed by atoms with Gasteiger partial charge in [-0.05, 0) is 73.2 Å². The number of nitrogens with zero attached hydrogens (tertiary/aromatic N) is 1. The molecule has 0 N–H and O–H groups in total. The number of benzene rings is 3. The molecule has 1 aliphatic heterocycles. The molecule has 2 heterocycles. The molecule has 178 valence electrons. The molecule has 5 nitrogen and oxygen atoms in total. The van der Waals surface area contributed by atoms with E-state index in [-0.39, 0.29) is 11.9 Å². The van der Waals surface area contributed by atoms with E-state index in [9.17, 15) is 9.59 Å². The van der Waals surface area contributed by atoms with E-state index in [1.54, 1.807) is 30.0 Å². The summed E-state index contributed by atoms with van der Waals surface area (Å²) in [5.74, 6) is 0.710. The van der Waals surface area contributed by atoms with Crippen LogP contribution in [0.5, 0.6) is 0 Å². The SMILES string of the molecule is CCOC(=O)c1ccc(-c2ccc(/C=C3/C=C(c4ccccc4)N(c4ccc(Br)cc4)C3=O)o2)cc1. The van der Waals surface area contributed by atoms with Crippen molar-refractivity contribution in [2.45, 2.75) is 6.92 Å². The van der Waals surface area contributed by atoms with Crippen LogP contribution in [0, 0.1) is 0 Å². The summed E-state index contributed by atoms with van der Waals surface area (Å²) in [6.45, 7) is 2.10. The number of furan rings is 1. The first-order valence-electron chi connectivity index (χ1n) is 11.5. The van der Waals surface area contributed by atoms with Crippen molar-refractivity contribution in [3.05, 3.63) is 124 Å². The zero-order valence-electron chi connectivity index (χ0n) is 19.5. The van der Waals surface area contributed by atoms with Gasteiger partial charge in [-0.2, -0.15) is 0 Å². The summed E-state index contributed by atoms with van der Waals surface area (Å²) in [5.41, 5.74) is 4.36. The molecule has 1 aromatic heterocycles. The van der Waals surface area contributed by atoms with Gasteiger partial charge in [0.2, 0.25) is 0 Å². The lowest BCUT2D eigenvalue weighted by atomic mass is 10.1. The largest absolute Gasteiger partial charge is 0.462 e. The van der Waals surface area contributed by atoms with Crippen LogP contribution in [0.15, 0.2) is 112 Å². The summed E-state index contributed by atoms with van der Waals surface area (Å²) in [4.78, 5) is 27.1. The molecule has 0 bridgehead atoms. The van der Waals surface area contributed by atoms with Gasteiger partial charge in [0.05, 0.1) is 17.9 Å². The smallest absolute Gasteiger partial charge is 0.338 e. The van der Waals surface area contributed by atoms with E-state index in [1.165, 1.54) is 0 Å². The number of hydrogen-bond donors (Lipinski definition) is 0. The summed E-state index contributed by atoms with van der Waals surface area (Å²) >= 11 is 3.46. The number of hydrogen-bond acceptors (Lipinski definition) is 4. The van der Waals surface area contributed by atoms with Gasteiger partial charge < -0.3 is 9.15 Å². The predicted molar refractivity (Wildman–Crippen MR) is 144 cm³/mol. The molecule has 0 spiro atoms. The Kier molecular flexibility index (Phi) is 6.69. The third kappa shape index (κ3) is 4.81. The molecular weight excluding hydrogens is 518 g/mol. The minimum absolute atomic E-state index is 0.132. The molecule has 0 saturated heterocycles. The Hall–Kier alpha value is -4.16. The van der Waals surface area contributed by atoms with Gasteiger partial charge in [0.1, 0.15) is 11.5 Å². The lowest BCUT2D eigenvalue weighted by molar-refractivity contribution is -0.113. The van der Waals surface area contributed by atoms with E-state index in [0.717, 1.165) is 27.0 Å². The second-order valence-electron chi connectivity index (χ2n) is 8.11. The van der Waals surface area contributed by atoms with Gasteiger partial charge >= 0.3 is 5.97 Å². The lowest BCUT2D eigenvalue weighted by Gasteiger charge is -2.20. The van der Waals surface area contributed by atoms with E-state index < -0.39 is 0 Å². The Labute approximate surface area is 217 Å². The van der Waals surface area contributed by atoms with Crippen LogP contribution < -0.4 is 4.90 Å². The summed E-state index contributed by atoms with van der Waals surface area (Å²) in [5, 5.41) is 0. The summed E-state index contributed by atoms with van der Waals surface area (Å²) in [6.07, 6.45) is 3.64. The van der Waals surface area contributed by atoms with Crippen molar-refractivity contribution in [2.75, 3.05) is 11.5 Å². The maximum atomic E-state index is 13.5. The van der Waals surface area contributed by atoms with Gasteiger partial charge in [0.25, 0.3) is 5.91 Å². The highest BCUT2D eigenvalue weighted by molar-refractivity contribution is 9.10. The topological polar surface area (TPSA) is 59.8 Å². The average Bonchev–Trinajstić information content (AvgIpc) is 3.50. The molecule has 1 aliphatic rings. The fourth-order valence-electron chi connectivity index (χ4n) is 4.01. The van der Waals surface area contributed by atoms with E-state index >= 15 is 0 Å². The van der Waals surface area contributed by atoms with Gasteiger partial charge in [-0.3, -0.25) is 9.69 Å². The van der Waals surface area contributed by atoms with Crippen molar-refractivity contribution in [2.24, 2.45) is 0 Å². The molecule has 0 fully saturated rings. The highest BCUT2D eigenvalue weighted by Crippen LogP contribution is 2.36. The van der Waals surface area contributed by atoms with Crippen LogP contribution in [0.25, 0.3) is 23.1 Å². The summed E-state index contributed by atoms with van der Waals surface area (Å²) in [6, 6.07) is 28.2. The van der Waals surface area contributed by atoms with Crippen LogP contribution in [0.1, 0.15) is 28.6 Å². The van der Waals surface area contributed by atoms with Gasteiger partial charge in [-0.25, -0.2) is 4.79 Å². The molecule has 0 unspecified atom stereocenters. The quantitative estimate of drug-likeness (QED) is 0.190. The fourth-order valence-corrected chi connectivity index (χ4v) is 4.27. The van der Waals surface area contributed by atoms with Crippen molar-refractivity contribution in [3.63, 3.8) is 0 Å². The number of amides is 1. The minimum Gasteiger partial charge on any atom is -0.462 e. The van der Waals surface area contributed by atoms with Crippen molar-refractivity contribution < 1.29 is 18.7 Å². The molecule has 0 radical (unpaired) electrons. The third-order valence-electron chi connectivity index (χ3n) is 5.74. The number of halogens is 1. The van der Waals surface area contributed by atoms with E-state index in [2.05, 4.69) is 15.9 Å². The number of carbonyl (C=O) groups excluding carboxylic acids is 2. The van der Waals surface area contributed by atoms with Gasteiger partial charge in [0.15, 0.2) is 0 Å². The normalized spacial score (nSPS) is 14.3. The second kappa shape index (κ2) is 10.2. The molecule has 1 amide bonds. The molecule has 36 heavy (non-hydrogen) atoms. The highest BCUT2D eigenvalue weighted by Gasteiger charge is 2.30. The Bertz CT molecular complexity index is 1470. The van der Waals surface area contributed by atoms with E-state index in [1.807, 2.05) is 84.9 Å². The Balaban J connectivity index is 1.46. The number of rotatable bonds is 6. The Morgan fingerprint density at radius 2 is 1.64 bits per heavy atom. The number of ether oxygens (including phenoxy) is 1. The van der Waals surface area contributed by atoms with Crippen molar-refractivity contribution in [1.82, 2.24) is 0 Å². The number of esters is 1. The highest BCUT2D eigenvalue weighted by atomic mass is 79.9. The standard InChI is InChI=1S/C30H22BrNO4/c1-2-35-30(34)22-10-8-21(9-11-22)28-17-16-26(36-28)18-23-19-27(20-6-4-3-5-7-20)32(29(23)33)25-14-12-24(31)13-15-25/h3-19H,2H2,1H3/b23-18-. The van der Waals surface area contributed by atoms with Crippen molar-refractivity contribution in [1.29, 1.82) is 0 Å². The van der Waals surface area contributed by atoms with Crippen LogP contribution >= 0.6 is 15.9 Å². The Morgan fingerprint density at radius 1 is 0.917 bits per heavy atom. The van der Waals surface area contributed by atoms with Gasteiger partial charge in [0, 0.05) is 21.3 Å². The third-order valence-corrected chi connectivity index (χ3v) is 6.27. The lowest BCUT2D eigenvalue weighted by Crippen LogP contribution is -2.24. The number of anilines is 1. The zero-order valence-corrected chi connectivity index (χ0v) is 21.1. The van der Waals surface area contributed by atoms with E-state index in [0.29, 0.717) is 29.3 Å². The average molecular weight is 540 g/mol. The Morgan fingerprint density at radius 3 is 2.33 bits per heavy atom. The summed E-state index contributed by atoms with van der Waals surface area (Å²) < 4.78 is 12.0. The van der Waals surface area contributed by atoms with E-state index in [4.69, 9.17) is 9.15 Å². The van der Waals surface area contributed by atoms with Gasteiger partial charge in [-0.15, -0.1) is 0 Å². The summed E-state index contributed by atoms with van der Waals surface area (Å²) in [7, 11) is 0. The monoisotopic (exact) mass is 539 g/mol. The first-order valence-corrected chi connectivity index (χ1v) is 12.3. The number of carbonyl (C=O) groups is 2. The molecule has 6 heteroatoms. The first kappa shape index (κ1) is 23.6. The van der Waals surface area contributed by atoms with Gasteiger partial charge in [-0.1, -0.05) is 58.4 Å². The van der Waals surface area contributed by atoms with Crippen LogP contribution in [-0.2, 0) is 9.53 Å². The molecule has 3 aromatic carbocycles.